The van der Waals surface area contributed by atoms with E-state index in [2.05, 4.69) is 11.2 Å². The van der Waals surface area contributed by atoms with Crippen molar-refractivity contribution in [2.24, 2.45) is 7.05 Å². The molecule has 2 heteroatoms. The Morgan fingerprint density at radius 3 is 2.58 bits per heavy atom. The molecule has 2 aromatic rings. The van der Waals surface area contributed by atoms with E-state index in [4.69, 9.17) is 0 Å². The molecule has 1 radical (unpaired) electrons. The van der Waals surface area contributed by atoms with Crippen molar-refractivity contribution >= 4 is 0 Å². The Balaban J connectivity index is 2.45. The average Bonchev–Trinajstić information content (AvgIpc) is 2.54. The van der Waals surface area contributed by atoms with E-state index < -0.39 is 0 Å². The molecule has 1 heterocycles. The molecule has 2 nitrogen and oxygen atoms in total. The maximum atomic E-state index is 4.28. The fraction of sp³-hybridized carbons (Fsp3) is 0.100. The molecule has 2 rings (SSSR count). The van der Waals surface area contributed by atoms with E-state index in [0.29, 0.717) is 0 Å². The zero-order valence-electron chi connectivity index (χ0n) is 6.86. The molecule has 0 aliphatic rings. The first kappa shape index (κ1) is 7.10. The Morgan fingerprint density at radius 1 is 1.25 bits per heavy atom. The molecular weight excluding hydrogens is 148 g/mol. The van der Waals surface area contributed by atoms with Gasteiger partial charge in [0.15, 0.2) is 0 Å². The molecule has 0 atom stereocenters. The number of rotatable bonds is 1. The lowest BCUT2D eigenvalue weighted by Crippen LogP contribution is -1.87. The van der Waals surface area contributed by atoms with E-state index >= 15 is 0 Å². The van der Waals surface area contributed by atoms with E-state index in [1.165, 1.54) is 0 Å². The van der Waals surface area contributed by atoms with Crippen LogP contribution in [-0.2, 0) is 7.05 Å². The van der Waals surface area contributed by atoms with Crippen LogP contribution in [0.15, 0.2) is 36.5 Å². The molecule has 0 saturated carbocycles. The molecule has 0 saturated heterocycles. The van der Waals surface area contributed by atoms with Gasteiger partial charge in [0.2, 0.25) is 0 Å². The highest BCUT2D eigenvalue weighted by Crippen LogP contribution is 2.14. The minimum Gasteiger partial charge on any atom is -0.275 e. The Morgan fingerprint density at radius 2 is 2.00 bits per heavy atom. The molecule has 59 valence electrons. The summed E-state index contributed by atoms with van der Waals surface area (Å²) in [6.45, 7) is 0. The van der Waals surface area contributed by atoms with Gasteiger partial charge in [0, 0.05) is 18.8 Å². The molecule has 0 spiro atoms. The molecule has 0 unspecified atom stereocenters. The molecular formula is C10H9N2. The van der Waals surface area contributed by atoms with Crippen LogP contribution in [0.5, 0.6) is 0 Å². The summed E-state index contributed by atoms with van der Waals surface area (Å²) in [7, 11) is 1.92. The predicted octanol–water partition coefficient (Wildman–Crippen LogP) is 1.89. The molecule has 0 fully saturated rings. The van der Waals surface area contributed by atoms with Gasteiger partial charge in [-0.05, 0) is 12.1 Å². The summed E-state index contributed by atoms with van der Waals surface area (Å²) in [6.07, 6.45) is 1.94. The Bertz CT molecular complexity index is 362. The zero-order valence-corrected chi connectivity index (χ0v) is 6.86. The molecule has 0 amide bonds. The third-order valence-electron chi connectivity index (χ3n) is 1.73. The number of aromatic nitrogens is 2. The van der Waals surface area contributed by atoms with E-state index in [0.717, 1.165) is 11.3 Å². The number of hydrogen-bond acceptors (Lipinski definition) is 1. The smallest absolute Gasteiger partial charge is 0.0923 e. The maximum Gasteiger partial charge on any atom is 0.0923 e. The fourth-order valence-electron chi connectivity index (χ4n) is 1.13. The van der Waals surface area contributed by atoms with Crippen LogP contribution in [0, 0.1) is 6.07 Å². The van der Waals surface area contributed by atoms with Gasteiger partial charge in [-0.15, -0.1) is 0 Å². The Hall–Kier alpha value is -1.57. The standard InChI is InChI=1S/C10H9N2/c1-12-8-7-10(11-12)9-5-3-2-4-6-9/h3-8H,1H3. The summed E-state index contributed by atoms with van der Waals surface area (Å²) in [4.78, 5) is 0. The molecule has 1 aromatic carbocycles. The Labute approximate surface area is 71.5 Å². The average molecular weight is 157 g/mol. The van der Waals surface area contributed by atoms with Gasteiger partial charge in [0.25, 0.3) is 0 Å². The first-order chi connectivity index (χ1) is 5.86. The van der Waals surface area contributed by atoms with Crippen molar-refractivity contribution in [2.75, 3.05) is 0 Å². The lowest BCUT2D eigenvalue weighted by molar-refractivity contribution is 0.771. The van der Waals surface area contributed by atoms with Gasteiger partial charge in [-0.3, -0.25) is 4.68 Å². The minimum atomic E-state index is 1.01. The third-order valence-corrected chi connectivity index (χ3v) is 1.73. The van der Waals surface area contributed by atoms with E-state index in [9.17, 15) is 0 Å². The first-order valence-electron chi connectivity index (χ1n) is 3.82. The SMILES string of the molecule is Cn1ccc(-c2cc[c]cc2)n1. The highest BCUT2D eigenvalue weighted by atomic mass is 15.2. The Kier molecular flexibility index (Phi) is 1.67. The third kappa shape index (κ3) is 1.23. The van der Waals surface area contributed by atoms with Crippen LogP contribution in [0.4, 0.5) is 0 Å². The monoisotopic (exact) mass is 157 g/mol. The van der Waals surface area contributed by atoms with Gasteiger partial charge in [0.1, 0.15) is 0 Å². The van der Waals surface area contributed by atoms with Crippen molar-refractivity contribution < 1.29 is 0 Å². The van der Waals surface area contributed by atoms with Gasteiger partial charge >= 0.3 is 0 Å². The van der Waals surface area contributed by atoms with Gasteiger partial charge in [-0.1, -0.05) is 24.3 Å². The lowest BCUT2D eigenvalue weighted by atomic mass is 10.2. The van der Waals surface area contributed by atoms with E-state index in [1.807, 2.05) is 43.6 Å². The van der Waals surface area contributed by atoms with Crippen molar-refractivity contribution in [3.05, 3.63) is 42.6 Å². The lowest BCUT2D eigenvalue weighted by Gasteiger charge is -1.93. The normalized spacial score (nSPS) is 10.1. The molecule has 0 bridgehead atoms. The second-order valence-electron chi connectivity index (χ2n) is 2.66. The summed E-state index contributed by atoms with van der Waals surface area (Å²) >= 11 is 0. The van der Waals surface area contributed by atoms with Crippen molar-refractivity contribution in [2.45, 2.75) is 0 Å². The summed E-state index contributed by atoms with van der Waals surface area (Å²) in [6, 6.07) is 12.8. The van der Waals surface area contributed by atoms with E-state index in [1.54, 1.807) is 4.68 Å². The van der Waals surface area contributed by atoms with Crippen molar-refractivity contribution in [3.8, 4) is 11.3 Å². The van der Waals surface area contributed by atoms with Gasteiger partial charge in [-0.25, -0.2) is 0 Å². The quantitative estimate of drug-likeness (QED) is 0.618. The minimum absolute atomic E-state index is 1.01. The van der Waals surface area contributed by atoms with Crippen molar-refractivity contribution in [1.82, 2.24) is 9.78 Å². The molecule has 0 N–H and O–H groups in total. The topological polar surface area (TPSA) is 17.8 Å². The van der Waals surface area contributed by atoms with Gasteiger partial charge in [0.05, 0.1) is 5.69 Å². The predicted molar refractivity (Wildman–Crippen MR) is 47.5 cm³/mol. The van der Waals surface area contributed by atoms with Crippen molar-refractivity contribution in [1.29, 1.82) is 0 Å². The molecule has 0 aliphatic heterocycles. The zero-order chi connectivity index (χ0) is 8.39. The van der Waals surface area contributed by atoms with Crippen LogP contribution < -0.4 is 0 Å². The fourth-order valence-corrected chi connectivity index (χ4v) is 1.13. The maximum absolute atomic E-state index is 4.28. The van der Waals surface area contributed by atoms with Crippen LogP contribution in [-0.4, -0.2) is 9.78 Å². The first-order valence-corrected chi connectivity index (χ1v) is 3.82. The van der Waals surface area contributed by atoms with Crippen LogP contribution in [0.1, 0.15) is 0 Å². The van der Waals surface area contributed by atoms with E-state index in [-0.39, 0.29) is 0 Å². The van der Waals surface area contributed by atoms with Gasteiger partial charge < -0.3 is 0 Å². The van der Waals surface area contributed by atoms with Crippen LogP contribution >= 0.6 is 0 Å². The van der Waals surface area contributed by atoms with Crippen molar-refractivity contribution in [3.63, 3.8) is 0 Å². The second kappa shape index (κ2) is 2.81. The summed E-state index contributed by atoms with van der Waals surface area (Å²) in [5.41, 5.74) is 2.14. The highest BCUT2D eigenvalue weighted by molar-refractivity contribution is 5.57. The highest BCUT2D eigenvalue weighted by Gasteiger charge is 1.97. The van der Waals surface area contributed by atoms with Gasteiger partial charge in [-0.2, -0.15) is 5.10 Å². The second-order valence-corrected chi connectivity index (χ2v) is 2.66. The molecule has 12 heavy (non-hydrogen) atoms. The van der Waals surface area contributed by atoms with Crippen LogP contribution in [0.3, 0.4) is 0 Å². The summed E-state index contributed by atoms with van der Waals surface area (Å²) < 4.78 is 1.80. The van der Waals surface area contributed by atoms with Crippen LogP contribution in [0.2, 0.25) is 0 Å². The number of hydrogen-bond donors (Lipinski definition) is 0. The summed E-state index contributed by atoms with van der Waals surface area (Å²) in [5.74, 6) is 0. The van der Waals surface area contributed by atoms with Crippen LogP contribution in [0.25, 0.3) is 11.3 Å². The molecule has 0 aliphatic carbocycles. The molecule has 1 aromatic heterocycles. The summed E-state index contributed by atoms with van der Waals surface area (Å²) in [5, 5.41) is 4.28. The number of aryl methyl sites for hydroxylation is 1. The number of nitrogens with zero attached hydrogens (tertiary/aromatic N) is 2. The number of benzene rings is 1. The largest absolute Gasteiger partial charge is 0.275 e.